The Morgan fingerprint density at radius 1 is 0.920 bits per heavy atom. The quantitative estimate of drug-likeness (QED) is 0.195. The number of rotatable bonds is 15. The molecule has 2 N–H and O–H groups in total. The van der Waals surface area contributed by atoms with E-state index in [4.69, 9.17) is 10.2 Å². The Hall–Kier alpha value is 0.496. The first-order valence-corrected chi connectivity index (χ1v) is 9.16. The van der Waals surface area contributed by atoms with Crippen LogP contribution in [-0.2, 0) is 9.59 Å². The van der Waals surface area contributed by atoms with Crippen LogP contribution in [0.15, 0.2) is 0 Å². The molecule has 0 spiro atoms. The zero-order chi connectivity index (χ0) is 18.4. The molecule has 7 heteroatoms. The SMILES string of the molecule is CCCCCCCCCCC(C)(C(=O)[O-])C(=O)N(CCO)CCO.[K+]. The molecule has 1 amide bonds. The summed E-state index contributed by atoms with van der Waals surface area (Å²) in [6.45, 7) is 3.04. The maximum Gasteiger partial charge on any atom is 1.00 e. The minimum Gasteiger partial charge on any atom is -0.549 e. The smallest absolute Gasteiger partial charge is 0.549 e. The standard InChI is InChI=1S/C18H35NO5.K/c1-3-4-5-6-7-8-9-10-11-18(2,17(23)24)16(22)19(12-14-20)13-15-21;/h20-21H,3-15H2,1-2H3,(H,23,24);/q;+1/p-1. The molecular weight excluding hydrogens is 349 g/mol. The Balaban J connectivity index is 0. The number of aliphatic hydroxyl groups excluding tert-OH is 2. The largest absolute Gasteiger partial charge is 1.00 e. The molecule has 0 saturated carbocycles. The van der Waals surface area contributed by atoms with Gasteiger partial charge < -0.3 is 25.0 Å². The van der Waals surface area contributed by atoms with E-state index in [2.05, 4.69) is 6.92 Å². The normalized spacial score (nSPS) is 13.0. The number of unbranched alkanes of at least 4 members (excludes halogenated alkanes) is 7. The van der Waals surface area contributed by atoms with Gasteiger partial charge in [-0.25, -0.2) is 0 Å². The number of carboxylic acid groups (broad SMARTS) is 1. The van der Waals surface area contributed by atoms with Crippen molar-refractivity contribution < 1.29 is 76.3 Å². The van der Waals surface area contributed by atoms with Gasteiger partial charge in [0.15, 0.2) is 0 Å². The van der Waals surface area contributed by atoms with E-state index >= 15 is 0 Å². The molecule has 0 aliphatic carbocycles. The van der Waals surface area contributed by atoms with Gasteiger partial charge in [0, 0.05) is 13.1 Å². The van der Waals surface area contributed by atoms with Gasteiger partial charge >= 0.3 is 51.4 Å². The summed E-state index contributed by atoms with van der Waals surface area (Å²) in [5, 5.41) is 29.6. The molecule has 0 heterocycles. The Morgan fingerprint density at radius 3 is 1.76 bits per heavy atom. The van der Waals surface area contributed by atoms with Crippen LogP contribution in [0.1, 0.15) is 71.6 Å². The minimum atomic E-state index is -1.60. The number of carboxylic acids is 1. The van der Waals surface area contributed by atoms with Crippen molar-refractivity contribution in [2.45, 2.75) is 71.6 Å². The van der Waals surface area contributed by atoms with Gasteiger partial charge in [-0.3, -0.25) is 4.79 Å². The summed E-state index contributed by atoms with van der Waals surface area (Å²) in [7, 11) is 0. The predicted molar refractivity (Wildman–Crippen MR) is 91.1 cm³/mol. The van der Waals surface area contributed by atoms with E-state index in [0.717, 1.165) is 19.3 Å². The van der Waals surface area contributed by atoms with Crippen LogP contribution in [0.4, 0.5) is 0 Å². The summed E-state index contributed by atoms with van der Waals surface area (Å²) in [6, 6.07) is 0. The summed E-state index contributed by atoms with van der Waals surface area (Å²) in [4.78, 5) is 25.2. The number of hydrogen-bond donors (Lipinski definition) is 2. The zero-order valence-corrected chi connectivity index (χ0v) is 19.4. The molecule has 1 atom stereocenters. The van der Waals surface area contributed by atoms with Crippen molar-refractivity contribution in [2.75, 3.05) is 26.3 Å². The fourth-order valence-electron chi connectivity index (χ4n) is 2.81. The number of nitrogens with zero attached hydrogens (tertiary/aromatic N) is 1. The van der Waals surface area contributed by atoms with Gasteiger partial charge in [-0.2, -0.15) is 0 Å². The fraction of sp³-hybridized carbons (Fsp3) is 0.889. The van der Waals surface area contributed by atoms with E-state index in [0.29, 0.717) is 6.42 Å². The molecule has 0 aromatic heterocycles. The van der Waals surface area contributed by atoms with Crippen molar-refractivity contribution >= 4 is 11.9 Å². The van der Waals surface area contributed by atoms with Gasteiger partial charge in [0.05, 0.1) is 24.6 Å². The number of carbonyl (C=O) groups excluding carboxylic acids is 2. The third-order valence-corrected chi connectivity index (χ3v) is 4.48. The molecule has 0 aromatic carbocycles. The molecule has 142 valence electrons. The first-order valence-electron chi connectivity index (χ1n) is 9.16. The average Bonchev–Trinajstić information content (AvgIpc) is 2.56. The van der Waals surface area contributed by atoms with Crippen LogP contribution in [0, 0.1) is 5.41 Å². The Morgan fingerprint density at radius 2 is 1.36 bits per heavy atom. The van der Waals surface area contributed by atoms with Crippen molar-refractivity contribution in [3.63, 3.8) is 0 Å². The molecule has 0 bridgehead atoms. The van der Waals surface area contributed by atoms with Gasteiger partial charge in [0.1, 0.15) is 0 Å². The summed E-state index contributed by atoms with van der Waals surface area (Å²) in [5.74, 6) is -1.98. The molecule has 0 rings (SSSR count). The van der Waals surface area contributed by atoms with Crippen LogP contribution < -0.4 is 56.5 Å². The third-order valence-electron chi connectivity index (χ3n) is 4.48. The molecule has 1 unspecified atom stereocenters. The molecule has 0 saturated heterocycles. The Labute approximate surface area is 194 Å². The minimum absolute atomic E-state index is 0. The summed E-state index contributed by atoms with van der Waals surface area (Å²) in [5.41, 5.74) is -1.60. The second-order valence-electron chi connectivity index (χ2n) is 6.58. The number of aliphatic carboxylic acids is 1. The first-order chi connectivity index (χ1) is 11.4. The first kappa shape index (κ1) is 27.7. The third kappa shape index (κ3) is 11.0. The maximum absolute atomic E-state index is 12.5. The molecular formula is C18H34KNO5. The van der Waals surface area contributed by atoms with Crippen LogP contribution in [0.2, 0.25) is 0 Å². The monoisotopic (exact) mass is 383 g/mol. The van der Waals surface area contributed by atoms with Crippen LogP contribution in [0.25, 0.3) is 0 Å². The van der Waals surface area contributed by atoms with E-state index in [1.807, 2.05) is 0 Å². The summed E-state index contributed by atoms with van der Waals surface area (Å²) in [6.07, 6.45) is 8.84. The van der Waals surface area contributed by atoms with Crippen molar-refractivity contribution in [3.05, 3.63) is 0 Å². The number of aliphatic hydroxyl groups is 2. The molecule has 6 nitrogen and oxygen atoms in total. The molecule has 0 aliphatic heterocycles. The van der Waals surface area contributed by atoms with E-state index < -0.39 is 17.3 Å². The molecule has 0 radical (unpaired) electrons. The predicted octanol–water partition coefficient (Wildman–Crippen LogP) is -1.91. The van der Waals surface area contributed by atoms with Gasteiger partial charge in [-0.15, -0.1) is 0 Å². The van der Waals surface area contributed by atoms with Gasteiger partial charge in [-0.1, -0.05) is 58.3 Å². The molecule has 25 heavy (non-hydrogen) atoms. The van der Waals surface area contributed by atoms with Crippen molar-refractivity contribution in [1.29, 1.82) is 0 Å². The topological polar surface area (TPSA) is 101 Å². The van der Waals surface area contributed by atoms with E-state index in [1.165, 1.54) is 37.5 Å². The molecule has 0 fully saturated rings. The van der Waals surface area contributed by atoms with Crippen LogP contribution in [0.3, 0.4) is 0 Å². The number of amides is 1. The van der Waals surface area contributed by atoms with Crippen LogP contribution in [0.5, 0.6) is 0 Å². The van der Waals surface area contributed by atoms with Crippen molar-refractivity contribution in [3.8, 4) is 0 Å². The molecule has 0 aliphatic rings. The Bertz CT molecular complexity index is 361. The fourth-order valence-corrected chi connectivity index (χ4v) is 2.81. The number of hydrogen-bond acceptors (Lipinski definition) is 5. The second kappa shape index (κ2) is 16.7. The zero-order valence-electron chi connectivity index (χ0n) is 16.3. The van der Waals surface area contributed by atoms with Gasteiger partial charge in [0.25, 0.3) is 0 Å². The van der Waals surface area contributed by atoms with Crippen LogP contribution in [-0.4, -0.2) is 53.3 Å². The average molecular weight is 384 g/mol. The van der Waals surface area contributed by atoms with Crippen molar-refractivity contribution in [1.82, 2.24) is 4.90 Å². The summed E-state index contributed by atoms with van der Waals surface area (Å²) < 4.78 is 0. The second-order valence-corrected chi connectivity index (χ2v) is 6.58. The van der Waals surface area contributed by atoms with E-state index in [-0.39, 0.29) is 84.1 Å². The number of carbonyl (C=O) groups is 2. The van der Waals surface area contributed by atoms with E-state index in [1.54, 1.807) is 0 Å². The maximum atomic E-state index is 12.5. The Kier molecular flexibility index (Phi) is 18.5. The van der Waals surface area contributed by atoms with Crippen LogP contribution >= 0.6 is 0 Å². The molecule has 0 aromatic rings. The van der Waals surface area contributed by atoms with Gasteiger partial charge in [-0.05, 0) is 13.3 Å². The van der Waals surface area contributed by atoms with E-state index in [9.17, 15) is 14.7 Å². The van der Waals surface area contributed by atoms with Crippen molar-refractivity contribution in [2.24, 2.45) is 5.41 Å². The van der Waals surface area contributed by atoms with Gasteiger partial charge in [0.2, 0.25) is 5.91 Å². The summed E-state index contributed by atoms with van der Waals surface area (Å²) >= 11 is 0.